The van der Waals surface area contributed by atoms with Crippen molar-refractivity contribution in [2.75, 3.05) is 6.61 Å². The number of para-hydroxylation sites is 2. The second-order valence-corrected chi connectivity index (χ2v) is 6.74. The molecule has 1 aliphatic heterocycles. The molecule has 3 heterocycles. The molecule has 0 fully saturated rings. The van der Waals surface area contributed by atoms with Crippen molar-refractivity contribution in [3.8, 4) is 23.0 Å². The standard InChI is InChI=1S/C22H19N3O2/c1-15-6-2-3-7-18(15)19-11-10-16(12-23-19)26-14-17-13-25-21-9-5-4-8-20(21)24-22(25)27-17/h2-12,17H,13-14H2,1H3/t17-/m0/s1. The van der Waals surface area contributed by atoms with Gasteiger partial charge in [-0.1, -0.05) is 36.4 Å². The van der Waals surface area contributed by atoms with Crippen LogP contribution in [0.3, 0.4) is 0 Å². The van der Waals surface area contributed by atoms with Crippen molar-refractivity contribution < 1.29 is 9.47 Å². The van der Waals surface area contributed by atoms with Gasteiger partial charge in [0.05, 0.1) is 29.5 Å². The molecular formula is C22H19N3O2. The minimum absolute atomic E-state index is 0.0480. The fourth-order valence-corrected chi connectivity index (χ4v) is 3.47. The smallest absolute Gasteiger partial charge is 0.297 e. The van der Waals surface area contributed by atoms with Crippen LogP contribution in [0.1, 0.15) is 5.56 Å². The van der Waals surface area contributed by atoms with Crippen LogP contribution in [-0.2, 0) is 6.54 Å². The maximum Gasteiger partial charge on any atom is 0.297 e. The Bertz CT molecular complexity index is 1100. The summed E-state index contributed by atoms with van der Waals surface area (Å²) in [6.45, 7) is 3.29. The van der Waals surface area contributed by atoms with Gasteiger partial charge in [0.25, 0.3) is 6.01 Å². The van der Waals surface area contributed by atoms with Crippen molar-refractivity contribution in [2.45, 2.75) is 19.6 Å². The Kier molecular flexibility index (Phi) is 3.78. The lowest BCUT2D eigenvalue weighted by molar-refractivity contribution is 0.143. The summed E-state index contributed by atoms with van der Waals surface area (Å²) >= 11 is 0. The van der Waals surface area contributed by atoms with E-state index in [2.05, 4.69) is 39.7 Å². The maximum atomic E-state index is 5.93. The maximum absolute atomic E-state index is 5.93. The summed E-state index contributed by atoms with van der Waals surface area (Å²) < 4.78 is 13.9. The zero-order valence-corrected chi connectivity index (χ0v) is 15.0. The first kappa shape index (κ1) is 15.9. The van der Waals surface area contributed by atoms with E-state index in [-0.39, 0.29) is 6.10 Å². The Morgan fingerprint density at radius 2 is 1.93 bits per heavy atom. The third kappa shape index (κ3) is 2.91. The molecule has 5 heteroatoms. The van der Waals surface area contributed by atoms with Crippen molar-refractivity contribution in [1.29, 1.82) is 0 Å². The van der Waals surface area contributed by atoms with Gasteiger partial charge in [-0.05, 0) is 36.8 Å². The molecule has 2 aromatic carbocycles. The first-order chi connectivity index (χ1) is 13.3. The molecule has 0 aliphatic carbocycles. The number of aryl methyl sites for hydroxylation is 1. The predicted octanol–water partition coefficient (Wildman–Crippen LogP) is 4.25. The quantitative estimate of drug-likeness (QED) is 0.548. The van der Waals surface area contributed by atoms with Gasteiger partial charge in [0.2, 0.25) is 0 Å². The molecule has 0 saturated carbocycles. The van der Waals surface area contributed by atoms with E-state index in [1.54, 1.807) is 6.20 Å². The van der Waals surface area contributed by atoms with Crippen LogP contribution < -0.4 is 9.47 Å². The van der Waals surface area contributed by atoms with Gasteiger partial charge in [0.15, 0.2) is 6.10 Å². The lowest BCUT2D eigenvalue weighted by atomic mass is 10.1. The van der Waals surface area contributed by atoms with Gasteiger partial charge in [0.1, 0.15) is 12.4 Å². The number of aromatic nitrogens is 3. The van der Waals surface area contributed by atoms with E-state index in [1.807, 2.05) is 42.5 Å². The van der Waals surface area contributed by atoms with E-state index in [4.69, 9.17) is 9.47 Å². The third-order valence-electron chi connectivity index (χ3n) is 4.87. The number of hydrogen-bond donors (Lipinski definition) is 0. The molecule has 0 bridgehead atoms. The lowest BCUT2D eigenvalue weighted by Crippen LogP contribution is -2.23. The minimum atomic E-state index is -0.0480. The fraction of sp³-hybridized carbons (Fsp3) is 0.182. The summed E-state index contributed by atoms with van der Waals surface area (Å²) in [7, 11) is 0. The Hall–Kier alpha value is -3.34. The van der Waals surface area contributed by atoms with E-state index < -0.39 is 0 Å². The Morgan fingerprint density at radius 1 is 1.07 bits per heavy atom. The van der Waals surface area contributed by atoms with Crippen LogP contribution in [0.25, 0.3) is 22.3 Å². The average molecular weight is 357 g/mol. The van der Waals surface area contributed by atoms with Crippen molar-refractivity contribution in [3.63, 3.8) is 0 Å². The summed E-state index contributed by atoms with van der Waals surface area (Å²) in [6.07, 6.45) is 1.72. The Balaban J connectivity index is 1.25. The van der Waals surface area contributed by atoms with Crippen molar-refractivity contribution in [3.05, 3.63) is 72.4 Å². The Morgan fingerprint density at radius 3 is 2.78 bits per heavy atom. The van der Waals surface area contributed by atoms with Gasteiger partial charge in [0, 0.05) is 5.56 Å². The number of fused-ring (bicyclic) bond motifs is 3. The molecule has 2 aromatic heterocycles. The number of ether oxygens (including phenoxy) is 2. The zero-order valence-electron chi connectivity index (χ0n) is 15.0. The minimum Gasteiger partial charge on any atom is -0.488 e. The topological polar surface area (TPSA) is 49.2 Å². The van der Waals surface area contributed by atoms with E-state index in [0.717, 1.165) is 34.6 Å². The molecule has 134 valence electrons. The average Bonchev–Trinajstić information content (AvgIpc) is 3.25. The highest BCUT2D eigenvalue weighted by Crippen LogP contribution is 2.28. The predicted molar refractivity (Wildman–Crippen MR) is 104 cm³/mol. The van der Waals surface area contributed by atoms with Gasteiger partial charge < -0.3 is 9.47 Å². The number of benzene rings is 2. The SMILES string of the molecule is Cc1ccccc1-c1ccc(OC[C@@H]2Cn3c(nc4ccccc43)O2)cn1. The van der Waals surface area contributed by atoms with Crippen LogP contribution >= 0.6 is 0 Å². The van der Waals surface area contributed by atoms with E-state index in [9.17, 15) is 0 Å². The highest BCUT2D eigenvalue weighted by Gasteiger charge is 2.26. The van der Waals surface area contributed by atoms with E-state index >= 15 is 0 Å². The van der Waals surface area contributed by atoms with E-state index in [1.165, 1.54) is 5.56 Å². The van der Waals surface area contributed by atoms with Crippen LogP contribution in [0, 0.1) is 6.92 Å². The first-order valence-electron chi connectivity index (χ1n) is 9.05. The normalized spacial score (nSPS) is 15.5. The molecule has 4 aromatic rings. The van der Waals surface area contributed by atoms with Crippen molar-refractivity contribution in [2.24, 2.45) is 0 Å². The van der Waals surface area contributed by atoms with Gasteiger partial charge in [-0.25, -0.2) is 0 Å². The summed E-state index contributed by atoms with van der Waals surface area (Å²) in [6, 6.07) is 20.9. The van der Waals surface area contributed by atoms with E-state index in [0.29, 0.717) is 12.6 Å². The third-order valence-corrected chi connectivity index (χ3v) is 4.87. The number of hydrogen-bond acceptors (Lipinski definition) is 4. The summed E-state index contributed by atoms with van der Waals surface area (Å²) in [5.41, 5.74) is 5.35. The van der Waals surface area contributed by atoms with Crippen molar-refractivity contribution in [1.82, 2.24) is 14.5 Å². The van der Waals surface area contributed by atoms with Gasteiger partial charge in [-0.15, -0.1) is 0 Å². The lowest BCUT2D eigenvalue weighted by Gasteiger charge is -2.12. The molecule has 0 amide bonds. The molecule has 0 unspecified atom stereocenters. The van der Waals surface area contributed by atoms with Crippen molar-refractivity contribution >= 4 is 11.0 Å². The van der Waals surface area contributed by atoms with Gasteiger partial charge in [-0.3, -0.25) is 9.55 Å². The second-order valence-electron chi connectivity index (χ2n) is 6.74. The molecule has 0 radical (unpaired) electrons. The van der Waals surface area contributed by atoms with Gasteiger partial charge in [-0.2, -0.15) is 4.98 Å². The number of nitrogens with zero attached hydrogens (tertiary/aromatic N) is 3. The first-order valence-corrected chi connectivity index (χ1v) is 9.05. The summed E-state index contributed by atoms with van der Waals surface area (Å²) in [4.78, 5) is 9.07. The molecule has 0 N–H and O–H groups in total. The number of imidazole rings is 1. The molecule has 0 saturated heterocycles. The van der Waals surface area contributed by atoms with Crippen LogP contribution in [0.5, 0.6) is 11.8 Å². The highest BCUT2D eigenvalue weighted by atomic mass is 16.6. The molecule has 0 spiro atoms. The number of pyridine rings is 1. The van der Waals surface area contributed by atoms with Gasteiger partial charge >= 0.3 is 0 Å². The van der Waals surface area contributed by atoms with Crippen LogP contribution in [0.15, 0.2) is 66.9 Å². The Labute approximate surface area is 157 Å². The number of rotatable bonds is 4. The summed E-state index contributed by atoms with van der Waals surface area (Å²) in [5, 5.41) is 0. The van der Waals surface area contributed by atoms with Crippen LogP contribution in [0.4, 0.5) is 0 Å². The molecule has 5 rings (SSSR count). The summed E-state index contributed by atoms with van der Waals surface area (Å²) in [5.74, 6) is 0.741. The molecule has 1 atom stereocenters. The fourth-order valence-electron chi connectivity index (χ4n) is 3.47. The zero-order chi connectivity index (χ0) is 18.2. The molecular weight excluding hydrogens is 338 g/mol. The molecule has 27 heavy (non-hydrogen) atoms. The van der Waals surface area contributed by atoms with Crippen LogP contribution in [-0.4, -0.2) is 27.2 Å². The van der Waals surface area contributed by atoms with Crippen LogP contribution in [0.2, 0.25) is 0 Å². The largest absolute Gasteiger partial charge is 0.488 e. The monoisotopic (exact) mass is 357 g/mol. The molecule has 5 nitrogen and oxygen atoms in total. The highest BCUT2D eigenvalue weighted by molar-refractivity contribution is 5.76. The molecule has 1 aliphatic rings. The second kappa shape index (κ2) is 6.43.